The third-order valence-corrected chi connectivity index (χ3v) is 5.65. The lowest BCUT2D eigenvalue weighted by Crippen LogP contribution is -2.00. The van der Waals surface area contributed by atoms with E-state index in [9.17, 15) is 0 Å². The highest BCUT2D eigenvalue weighted by Crippen LogP contribution is 2.32. The number of halogens is 1. The van der Waals surface area contributed by atoms with Crippen LogP contribution in [0, 0.1) is 6.92 Å². The van der Waals surface area contributed by atoms with E-state index in [2.05, 4.69) is 44.7 Å². The van der Waals surface area contributed by atoms with E-state index in [1.54, 1.807) is 17.1 Å². The summed E-state index contributed by atoms with van der Waals surface area (Å²) in [6, 6.07) is 20.1. The topological polar surface area (TPSA) is 77.2 Å². The third-order valence-electron chi connectivity index (χ3n) is 5.36. The Morgan fingerprint density at radius 2 is 1.84 bits per heavy atom. The molecule has 0 fully saturated rings. The maximum atomic E-state index is 6.62. The number of benzene rings is 3. The van der Waals surface area contributed by atoms with Crippen molar-refractivity contribution in [3.63, 3.8) is 0 Å². The molecule has 0 bridgehead atoms. The van der Waals surface area contributed by atoms with E-state index in [1.165, 1.54) is 5.56 Å². The van der Waals surface area contributed by atoms with Gasteiger partial charge >= 0.3 is 0 Å². The Labute approximate surface area is 181 Å². The van der Waals surface area contributed by atoms with Crippen LogP contribution in [0.3, 0.4) is 0 Å². The van der Waals surface area contributed by atoms with Crippen molar-refractivity contribution < 1.29 is 0 Å². The summed E-state index contributed by atoms with van der Waals surface area (Å²) in [4.78, 5) is 0. The van der Waals surface area contributed by atoms with Crippen molar-refractivity contribution in [2.24, 2.45) is 0 Å². The highest BCUT2D eigenvalue weighted by molar-refractivity contribution is 6.35. The lowest BCUT2D eigenvalue weighted by atomic mass is 10.1. The van der Waals surface area contributed by atoms with E-state index >= 15 is 0 Å². The van der Waals surface area contributed by atoms with Crippen LogP contribution in [0.25, 0.3) is 44.6 Å². The van der Waals surface area contributed by atoms with Gasteiger partial charge in [0.05, 0.1) is 45.5 Å². The fraction of sp³-hybridized carbons (Fsp3) is 0.0435. The van der Waals surface area contributed by atoms with Crippen LogP contribution in [-0.4, -0.2) is 35.0 Å². The molecule has 7 nitrogen and oxygen atoms in total. The molecule has 3 aromatic heterocycles. The molecular weight excluding hydrogens is 410 g/mol. The van der Waals surface area contributed by atoms with Gasteiger partial charge in [-0.15, -0.1) is 5.10 Å². The molecule has 6 rings (SSSR count). The van der Waals surface area contributed by atoms with E-state index in [0.29, 0.717) is 10.5 Å². The second-order valence-corrected chi connectivity index (χ2v) is 7.84. The molecule has 0 spiro atoms. The SMILES string of the molecule is Cc1cccc(-n2nccc2-c2cc(Cl)c3nnn(-c4ccc5cn[nH]c5c4)c3c2)c1. The summed E-state index contributed by atoms with van der Waals surface area (Å²) in [6.07, 6.45) is 3.58. The minimum absolute atomic E-state index is 0.540. The average molecular weight is 426 g/mol. The van der Waals surface area contributed by atoms with Crippen LogP contribution in [0.5, 0.6) is 0 Å². The molecule has 3 aromatic carbocycles. The van der Waals surface area contributed by atoms with Crippen LogP contribution in [0.2, 0.25) is 5.02 Å². The van der Waals surface area contributed by atoms with Crippen LogP contribution < -0.4 is 0 Å². The molecule has 3 heterocycles. The van der Waals surface area contributed by atoms with Gasteiger partial charge in [-0.25, -0.2) is 9.36 Å². The van der Waals surface area contributed by atoms with E-state index in [1.807, 2.05) is 53.2 Å². The Hall–Kier alpha value is -3.97. The largest absolute Gasteiger partial charge is 0.278 e. The lowest BCUT2D eigenvalue weighted by molar-refractivity contribution is 0.824. The van der Waals surface area contributed by atoms with Crippen molar-refractivity contribution in [3.05, 3.63) is 83.6 Å². The molecule has 0 saturated heterocycles. The number of nitrogens with one attached hydrogen (secondary N) is 1. The number of fused-ring (bicyclic) bond motifs is 2. The number of aromatic amines is 1. The molecular formula is C23H16ClN7. The Morgan fingerprint density at radius 1 is 0.935 bits per heavy atom. The monoisotopic (exact) mass is 425 g/mol. The molecule has 6 aromatic rings. The second-order valence-electron chi connectivity index (χ2n) is 7.44. The fourth-order valence-corrected chi connectivity index (χ4v) is 4.12. The van der Waals surface area contributed by atoms with Crippen LogP contribution in [0.15, 0.2) is 73.1 Å². The standard InChI is InChI=1S/C23H16ClN7/c1-14-3-2-4-17(9-14)30-21(7-8-26-30)16-10-19(24)23-22(11-16)31(29-28-23)18-6-5-15-13-25-27-20(15)12-18/h2-13H,1H3,(H,25,27). The summed E-state index contributed by atoms with van der Waals surface area (Å²) in [6.45, 7) is 2.07. The first-order valence-electron chi connectivity index (χ1n) is 9.77. The van der Waals surface area contributed by atoms with Gasteiger partial charge in [0.25, 0.3) is 0 Å². The number of H-pyrrole nitrogens is 1. The lowest BCUT2D eigenvalue weighted by Gasteiger charge is -2.10. The average Bonchev–Trinajstić information content (AvgIpc) is 3.51. The van der Waals surface area contributed by atoms with Gasteiger partial charge in [0, 0.05) is 10.9 Å². The quantitative estimate of drug-likeness (QED) is 0.427. The minimum atomic E-state index is 0.540. The molecule has 0 saturated carbocycles. The van der Waals surface area contributed by atoms with E-state index < -0.39 is 0 Å². The molecule has 0 aliphatic rings. The molecule has 150 valence electrons. The van der Waals surface area contributed by atoms with Crippen LogP contribution >= 0.6 is 11.6 Å². The number of hydrogen-bond acceptors (Lipinski definition) is 4. The zero-order chi connectivity index (χ0) is 20.9. The van der Waals surface area contributed by atoms with Gasteiger partial charge in [-0.1, -0.05) is 28.9 Å². The summed E-state index contributed by atoms with van der Waals surface area (Å²) in [5.41, 5.74) is 7.31. The van der Waals surface area contributed by atoms with Crippen LogP contribution in [0.1, 0.15) is 5.56 Å². The summed E-state index contributed by atoms with van der Waals surface area (Å²) in [5, 5.41) is 21.9. The molecule has 0 amide bonds. The Kier molecular flexibility index (Phi) is 3.91. The Morgan fingerprint density at radius 3 is 2.74 bits per heavy atom. The highest BCUT2D eigenvalue weighted by Gasteiger charge is 2.16. The first kappa shape index (κ1) is 17.9. The van der Waals surface area contributed by atoms with Crippen molar-refractivity contribution >= 4 is 33.5 Å². The van der Waals surface area contributed by atoms with Gasteiger partial charge in [-0.05, 0) is 61.0 Å². The number of rotatable bonds is 3. The Bertz CT molecular complexity index is 1570. The maximum Gasteiger partial charge on any atom is 0.132 e. The number of aromatic nitrogens is 7. The van der Waals surface area contributed by atoms with Gasteiger partial charge in [0.1, 0.15) is 5.52 Å². The zero-order valence-electron chi connectivity index (χ0n) is 16.5. The molecule has 1 N–H and O–H groups in total. The van der Waals surface area contributed by atoms with Crippen molar-refractivity contribution in [1.29, 1.82) is 0 Å². The van der Waals surface area contributed by atoms with E-state index in [4.69, 9.17) is 11.6 Å². The number of aryl methyl sites for hydroxylation is 1. The van der Waals surface area contributed by atoms with E-state index in [0.717, 1.165) is 39.1 Å². The highest BCUT2D eigenvalue weighted by atomic mass is 35.5. The molecule has 8 heteroatoms. The van der Waals surface area contributed by atoms with Crippen molar-refractivity contribution in [3.8, 4) is 22.6 Å². The van der Waals surface area contributed by atoms with E-state index in [-0.39, 0.29) is 0 Å². The normalized spacial score (nSPS) is 11.5. The zero-order valence-corrected chi connectivity index (χ0v) is 17.2. The van der Waals surface area contributed by atoms with Gasteiger partial charge in [0.15, 0.2) is 0 Å². The fourth-order valence-electron chi connectivity index (χ4n) is 3.87. The molecule has 0 radical (unpaired) electrons. The van der Waals surface area contributed by atoms with Crippen molar-refractivity contribution in [1.82, 2.24) is 35.0 Å². The first-order valence-corrected chi connectivity index (χ1v) is 10.1. The van der Waals surface area contributed by atoms with Crippen LogP contribution in [0.4, 0.5) is 0 Å². The summed E-state index contributed by atoms with van der Waals surface area (Å²) < 4.78 is 3.70. The predicted molar refractivity (Wildman–Crippen MR) is 121 cm³/mol. The second kappa shape index (κ2) is 6.78. The van der Waals surface area contributed by atoms with Crippen LogP contribution in [-0.2, 0) is 0 Å². The smallest absolute Gasteiger partial charge is 0.132 e. The van der Waals surface area contributed by atoms with Gasteiger partial charge < -0.3 is 0 Å². The summed E-state index contributed by atoms with van der Waals surface area (Å²) >= 11 is 6.62. The molecule has 0 aliphatic carbocycles. The van der Waals surface area contributed by atoms with Crippen molar-refractivity contribution in [2.45, 2.75) is 6.92 Å². The summed E-state index contributed by atoms with van der Waals surface area (Å²) in [5.74, 6) is 0. The predicted octanol–water partition coefficient (Wildman–Crippen LogP) is 5.11. The molecule has 0 aliphatic heterocycles. The van der Waals surface area contributed by atoms with Gasteiger partial charge in [-0.3, -0.25) is 5.10 Å². The minimum Gasteiger partial charge on any atom is -0.278 e. The molecule has 31 heavy (non-hydrogen) atoms. The first-order chi connectivity index (χ1) is 15.2. The van der Waals surface area contributed by atoms with Crippen molar-refractivity contribution in [2.75, 3.05) is 0 Å². The van der Waals surface area contributed by atoms with Gasteiger partial charge in [-0.2, -0.15) is 10.2 Å². The summed E-state index contributed by atoms with van der Waals surface area (Å²) in [7, 11) is 0. The Balaban J connectivity index is 1.54. The maximum absolute atomic E-state index is 6.62. The number of nitrogens with zero attached hydrogens (tertiary/aromatic N) is 6. The number of hydrogen-bond donors (Lipinski definition) is 1. The third kappa shape index (κ3) is 2.90. The van der Waals surface area contributed by atoms with Gasteiger partial charge in [0.2, 0.25) is 0 Å². The molecule has 0 unspecified atom stereocenters. The molecule has 0 atom stereocenters.